The molecule has 0 unspecified atom stereocenters. The molecule has 13 heavy (non-hydrogen) atoms. The zero-order valence-corrected chi connectivity index (χ0v) is 7.49. The third kappa shape index (κ3) is 1.45. The van der Waals surface area contributed by atoms with Crippen LogP contribution in [0.3, 0.4) is 0 Å². The molecule has 0 aliphatic carbocycles. The Kier molecular flexibility index (Phi) is 2.06. The van der Waals surface area contributed by atoms with Gasteiger partial charge in [-0.2, -0.15) is 0 Å². The van der Waals surface area contributed by atoms with E-state index < -0.39 is 0 Å². The predicted molar refractivity (Wildman–Crippen MR) is 47.5 cm³/mol. The lowest BCUT2D eigenvalue weighted by Gasteiger charge is -2.35. The quantitative estimate of drug-likeness (QED) is 0.713. The van der Waals surface area contributed by atoms with Crippen LogP contribution < -0.4 is 5.32 Å². The maximum atomic E-state index is 11.6. The molecule has 2 heterocycles. The van der Waals surface area contributed by atoms with Gasteiger partial charge < -0.3 is 14.6 Å². The first-order valence-electron chi connectivity index (χ1n) is 4.30. The average Bonchev–Trinajstić information content (AvgIpc) is 2.51. The van der Waals surface area contributed by atoms with Gasteiger partial charge >= 0.3 is 0 Å². The third-order valence-electron chi connectivity index (χ3n) is 2.36. The van der Waals surface area contributed by atoms with Crippen molar-refractivity contribution in [3.8, 4) is 0 Å². The molecule has 70 valence electrons. The summed E-state index contributed by atoms with van der Waals surface area (Å²) in [6.07, 6.45) is 1.51. The normalized spacial score (nSPS) is 16.7. The second-order valence-electron chi connectivity index (χ2n) is 3.21. The van der Waals surface area contributed by atoms with E-state index in [2.05, 4.69) is 5.32 Å². The molecular weight excluding hydrogens is 168 g/mol. The van der Waals surface area contributed by atoms with Gasteiger partial charge in [0, 0.05) is 20.1 Å². The molecule has 1 saturated heterocycles. The highest BCUT2D eigenvalue weighted by atomic mass is 16.3. The topological polar surface area (TPSA) is 45.5 Å². The molecule has 0 bridgehead atoms. The van der Waals surface area contributed by atoms with E-state index in [9.17, 15) is 4.79 Å². The zero-order chi connectivity index (χ0) is 9.26. The maximum absolute atomic E-state index is 11.6. The molecule has 0 aromatic carbocycles. The first kappa shape index (κ1) is 8.31. The second-order valence-corrected chi connectivity index (χ2v) is 3.21. The van der Waals surface area contributed by atoms with Crippen LogP contribution in [0.1, 0.15) is 10.6 Å². The number of amides is 1. The van der Waals surface area contributed by atoms with Crippen molar-refractivity contribution in [2.24, 2.45) is 0 Å². The molecule has 1 amide bonds. The summed E-state index contributed by atoms with van der Waals surface area (Å²) in [5, 5.41) is 3.12. The Morgan fingerprint density at radius 1 is 1.69 bits per heavy atom. The molecule has 1 fully saturated rings. The van der Waals surface area contributed by atoms with Crippen LogP contribution in [0.5, 0.6) is 0 Å². The summed E-state index contributed by atoms with van der Waals surface area (Å²) in [4.78, 5) is 13.4. The number of carbonyl (C=O) groups excluding carboxylic acids is 1. The lowest BCUT2D eigenvalue weighted by Crippen LogP contribution is -2.57. The van der Waals surface area contributed by atoms with Gasteiger partial charge in [0.25, 0.3) is 5.91 Å². The zero-order valence-electron chi connectivity index (χ0n) is 7.49. The largest absolute Gasteiger partial charge is 0.459 e. The van der Waals surface area contributed by atoms with E-state index in [0.717, 1.165) is 13.1 Å². The molecule has 0 spiro atoms. The summed E-state index contributed by atoms with van der Waals surface area (Å²) in [5.41, 5.74) is 0. The Morgan fingerprint density at radius 3 is 2.92 bits per heavy atom. The summed E-state index contributed by atoms with van der Waals surface area (Å²) in [5.74, 6) is 0.367. The Balaban J connectivity index is 2.04. The van der Waals surface area contributed by atoms with Crippen LogP contribution in [0.25, 0.3) is 0 Å². The third-order valence-corrected chi connectivity index (χ3v) is 2.36. The summed E-state index contributed by atoms with van der Waals surface area (Å²) in [6, 6.07) is 3.72. The van der Waals surface area contributed by atoms with E-state index in [-0.39, 0.29) is 5.91 Å². The van der Waals surface area contributed by atoms with Crippen LogP contribution in [0, 0.1) is 0 Å². The molecule has 1 aromatic heterocycles. The first-order chi connectivity index (χ1) is 6.29. The number of hydrogen-bond donors (Lipinski definition) is 1. The highest BCUT2D eigenvalue weighted by molar-refractivity contribution is 5.91. The lowest BCUT2D eigenvalue weighted by molar-refractivity contribution is 0.0649. The number of rotatable bonds is 2. The van der Waals surface area contributed by atoms with Crippen molar-refractivity contribution in [3.05, 3.63) is 24.2 Å². The van der Waals surface area contributed by atoms with Gasteiger partial charge in [0.2, 0.25) is 0 Å². The maximum Gasteiger partial charge on any atom is 0.289 e. The summed E-state index contributed by atoms with van der Waals surface area (Å²) < 4.78 is 5.02. The van der Waals surface area contributed by atoms with Gasteiger partial charge in [0.1, 0.15) is 0 Å². The van der Waals surface area contributed by atoms with Gasteiger partial charge in [-0.3, -0.25) is 4.79 Å². The number of carbonyl (C=O) groups is 1. The molecule has 0 saturated carbocycles. The first-order valence-corrected chi connectivity index (χ1v) is 4.30. The predicted octanol–water partition coefficient (Wildman–Crippen LogP) is 0.323. The van der Waals surface area contributed by atoms with E-state index in [1.165, 1.54) is 6.26 Å². The fourth-order valence-electron chi connectivity index (χ4n) is 1.29. The summed E-state index contributed by atoms with van der Waals surface area (Å²) in [7, 11) is 1.80. The molecule has 1 aromatic rings. The molecule has 1 N–H and O–H groups in total. The minimum absolute atomic E-state index is 0.0449. The van der Waals surface area contributed by atoms with Gasteiger partial charge in [-0.05, 0) is 12.1 Å². The van der Waals surface area contributed by atoms with Crippen molar-refractivity contribution in [2.75, 3.05) is 20.1 Å². The second kappa shape index (κ2) is 3.22. The van der Waals surface area contributed by atoms with Gasteiger partial charge in [0.05, 0.1) is 12.3 Å². The van der Waals surface area contributed by atoms with Crippen molar-refractivity contribution in [2.45, 2.75) is 6.04 Å². The summed E-state index contributed by atoms with van der Waals surface area (Å²) in [6.45, 7) is 1.76. The fraction of sp³-hybridized carbons (Fsp3) is 0.444. The number of furan rings is 1. The van der Waals surface area contributed by atoms with Gasteiger partial charge in [0.15, 0.2) is 5.76 Å². The Hall–Kier alpha value is -1.29. The van der Waals surface area contributed by atoms with Crippen LogP contribution in [-0.4, -0.2) is 37.0 Å². The highest BCUT2D eigenvalue weighted by Gasteiger charge is 2.26. The molecule has 1 aliphatic rings. The summed E-state index contributed by atoms with van der Waals surface area (Å²) >= 11 is 0. The Morgan fingerprint density at radius 2 is 2.46 bits per heavy atom. The van der Waals surface area contributed by atoms with Crippen LogP contribution in [0.15, 0.2) is 22.8 Å². The lowest BCUT2D eigenvalue weighted by atomic mass is 10.1. The van der Waals surface area contributed by atoms with Gasteiger partial charge in [-0.25, -0.2) is 0 Å². The fourth-order valence-corrected chi connectivity index (χ4v) is 1.29. The Labute approximate surface area is 76.5 Å². The van der Waals surface area contributed by atoms with E-state index in [0.29, 0.717) is 11.8 Å². The van der Waals surface area contributed by atoms with Crippen molar-refractivity contribution in [1.29, 1.82) is 0 Å². The minimum atomic E-state index is -0.0449. The van der Waals surface area contributed by atoms with Crippen LogP contribution in [0.2, 0.25) is 0 Å². The van der Waals surface area contributed by atoms with Crippen LogP contribution in [-0.2, 0) is 0 Å². The van der Waals surface area contributed by atoms with E-state index in [4.69, 9.17) is 4.42 Å². The molecule has 0 radical (unpaired) electrons. The molecular formula is C9H12N2O2. The van der Waals surface area contributed by atoms with Crippen molar-refractivity contribution in [3.63, 3.8) is 0 Å². The molecule has 0 atom stereocenters. The number of likely N-dealkylation sites (N-methyl/N-ethyl adjacent to an activating group) is 1. The smallest absolute Gasteiger partial charge is 0.289 e. The van der Waals surface area contributed by atoms with Crippen molar-refractivity contribution >= 4 is 5.91 Å². The average molecular weight is 180 g/mol. The number of nitrogens with one attached hydrogen (secondary N) is 1. The highest BCUT2D eigenvalue weighted by Crippen LogP contribution is 2.09. The van der Waals surface area contributed by atoms with Gasteiger partial charge in [-0.15, -0.1) is 0 Å². The number of hydrogen-bond acceptors (Lipinski definition) is 3. The van der Waals surface area contributed by atoms with Crippen LogP contribution in [0.4, 0.5) is 0 Å². The standard InChI is InChI=1S/C9H12N2O2/c1-11(7-5-10-6-7)9(12)8-3-2-4-13-8/h2-4,7,10H,5-6H2,1H3. The monoisotopic (exact) mass is 180 g/mol. The molecule has 4 nitrogen and oxygen atoms in total. The minimum Gasteiger partial charge on any atom is -0.459 e. The van der Waals surface area contributed by atoms with Crippen LogP contribution >= 0.6 is 0 Å². The van der Waals surface area contributed by atoms with Crippen molar-refractivity contribution in [1.82, 2.24) is 10.2 Å². The SMILES string of the molecule is CN(C(=O)c1ccco1)C1CNC1. The van der Waals surface area contributed by atoms with E-state index in [1.807, 2.05) is 0 Å². The van der Waals surface area contributed by atoms with E-state index >= 15 is 0 Å². The van der Waals surface area contributed by atoms with E-state index in [1.54, 1.807) is 24.1 Å². The molecule has 2 rings (SSSR count). The molecule has 4 heteroatoms. The molecule has 1 aliphatic heterocycles. The number of nitrogens with zero attached hydrogens (tertiary/aromatic N) is 1. The van der Waals surface area contributed by atoms with Crippen molar-refractivity contribution < 1.29 is 9.21 Å². The Bertz CT molecular complexity index is 291. The van der Waals surface area contributed by atoms with Gasteiger partial charge in [-0.1, -0.05) is 0 Å².